The van der Waals surface area contributed by atoms with Crippen LogP contribution in [0, 0.1) is 17.7 Å². The third-order valence-corrected chi connectivity index (χ3v) is 5.01. The Balaban J connectivity index is 1.52. The number of likely N-dealkylation sites (tertiary alicyclic amines) is 1. The largest absolute Gasteiger partial charge is 0.342 e. The van der Waals surface area contributed by atoms with Crippen molar-refractivity contribution in [2.24, 2.45) is 11.8 Å². The smallest absolute Gasteiger partial charge is 0.227 e. The lowest BCUT2D eigenvalue weighted by Crippen LogP contribution is -2.41. The van der Waals surface area contributed by atoms with E-state index in [1.807, 2.05) is 4.90 Å². The highest BCUT2D eigenvalue weighted by Gasteiger charge is 2.31. The second-order valence-electron chi connectivity index (χ2n) is 6.18. The lowest BCUT2D eigenvalue weighted by Gasteiger charge is -2.39. The zero-order valence-electron chi connectivity index (χ0n) is 11.9. The molecular formula is C17H22FNO. The van der Waals surface area contributed by atoms with Gasteiger partial charge in [-0.1, -0.05) is 37.5 Å². The van der Waals surface area contributed by atoms with Gasteiger partial charge >= 0.3 is 0 Å². The summed E-state index contributed by atoms with van der Waals surface area (Å²) in [4.78, 5) is 14.2. The Morgan fingerprint density at radius 1 is 1.10 bits per heavy atom. The van der Waals surface area contributed by atoms with Gasteiger partial charge in [-0.15, -0.1) is 0 Å². The zero-order valence-corrected chi connectivity index (χ0v) is 11.9. The first kappa shape index (κ1) is 13.6. The van der Waals surface area contributed by atoms with Gasteiger partial charge in [0.1, 0.15) is 5.82 Å². The number of halogens is 1. The van der Waals surface area contributed by atoms with Gasteiger partial charge in [0.05, 0.1) is 6.42 Å². The van der Waals surface area contributed by atoms with E-state index in [0.717, 1.165) is 37.8 Å². The number of carbonyl (C=O) groups excluding carboxylic acids is 1. The molecule has 20 heavy (non-hydrogen) atoms. The van der Waals surface area contributed by atoms with E-state index in [0.29, 0.717) is 5.56 Å². The molecule has 0 N–H and O–H groups in total. The third-order valence-electron chi connectivity index (χ3n) is 5.01. The average Bonchev–Trinajstić information content (AvgIpc) is 2.40. The van der Waals surface area contributed by atoms with Crippen LogP contribution in [-0.4, -0.2) is 23.9 Å². The minimum Gasteiger partial charge on any atom is -0.342 e. The Kier molecular flexibility index (Phi) is 4.04. The fourth-order valence-corrected chi connectivity index (χ4v) is 3.45. The van der Waals surface area contributed by atoms with Gasteiger partial charge < -0.3 is 4.90 Å². The van der Waals surface area contributed by atoms with Gasteiger partial charge in [0.15, 0.2) is 0 Å². The lowest BCUT2D eigenvalue weighted by atomic mass is 9.72. The predicted molar refractivity (Wildman–Crippen MR) is 76.7 cm³/mol. The molecule has 0 spiro atoms. The monoisotopic (exact) mass is 275 g/mol. The molecule has 3 rings (SSSR count). The summed E-state index contributed by atoms with van der Waals surface area (Å²) in [6.45, 7) is 1.71. The van der Waals surface area contributed by atoms with E-state index in [4.69, 9.17) is 0 Å². The van der Waals surface area contributed by atoms with E-state index in [2.05, 4.69) is 0 Å². The van der Waals surface area contributed by atoms with Crippen LogP contribution in [0.2, 0.25) is 0 Å². The molecule has 1 saturated carbocycles. The predicted octanol–water partition coefficient (Wildman–Crippen LogP) is 3.41. The Bertz CT molecular complexity index is 476. The highest BCUT2D eigenvalue weighted by Crippen LogP contribution is 2.38. The molecule has 1 aliphatic heterocycles. The second-order valence-corrected chi connectivity index (χ2v) is 6.18. The molecule has 1 aromatic rings. The SMILES string of the molecule is O=C(Cc1ccccc1F)N1CCC(C2CCC2)CC1. The number of nitrogens with zero attached hydrogens (tertiary/aromatic N) is 1. The standard InChI is InChI=1S/C17H22FNO/c18-16-7-2-1-4-15(16)12-17(20)19-10-8-14(9-11-19)13-5-3-6-13/h1-2,4,7,13-14H,3,5-6,8-12H2. The van der Waals surface area contributed by atoms with E-state index in [-0.39, 0.29) is 18.1 Å². The van der Waals surface area contributed by atoms with Gasteiger partial charge in [-0.3, -0.25) is 4.79 Å². The van der Waals surface area contributed by atoms with Crippen molar-refractivity contribution < 1.29 is 9.18 Å². The van der Waals surface area contributed by atoms with Crippen LogP contribution < -0.4 is 0 Å². The van der Waals surface area contributed by atoms with Gasteiger partial charge in [-0.25, -0.2) is 4.39 Å². The first-order valence-electron chi connectivity index (χ1n) is 7.75. The Labute approximate surface area is 120 Å². The molecule has 3 heteroatoms. The molecule has 0 unspecified atom stereocenters. The van der Waals surface area contributed by atoms with Crippen LogP contribution >= 0.6 is 0 Å². The highest BCUT2D eigenvalue weighted by molar-refractivity contribution is 5.78. The van der Waals surface area contributed by atoms with E-state index < -0.39 is 0 Å². The van der Waals surface area contributed by atoms with Crippen molar-refractivity contribution in [2.75, 3.05) is 13.1 Å². The maximum atomic E-state index is 13.6. The Morgan fingerprint density at radius 2 is 1.75 bits per heavy atom. The van der Waals surface area contributed by atoms with E-state index >= 15 is 0 Å². The van der Waals surface area contributed by atoms with Crippen LogP contribution in [-0.2, 0) is 11.2 Å². The minimum atomic E-state index is -0.273. The topological polar surface area (TPSA) is 20.3 Å². The van der Waals surface area contributed by atoms with Crippen molar-refractivity contribution in [3.05, 3.63) is 35.6 Å². The summed E-state index contributed by atoms with van der Waals surface area (Å²) in [5, 5.41) is 0. The van der Waals surface area contributed by atoms with Crippen molar-refractivity contribution in [1.82, 2.24) is 4.90 Å². The lowest BCUT2D eigenvalue weighted by molar-refractivity contribution is -0.132. The quantitative estimate of drug-likeness (QED) is 0.828. The first-order valence-corrected chi connectivity index (χ1v) is 7.75. The number of hydrogen-bond acceptors (Lipinski definition) is 1. The van der Waals surface area contributed by atoms with Crippen molar-refractivity contribution in [3.8, 4) is 0 Å². The summed E-state index contributed by atoms with van der Waals surface area (Å²) in [6.07, 6.45) is 6.61. The number of piperidine rings is 1. The Hall–Kier alpha value is -1.38. The fourth-order valence-electron chi connectivity index (χ4n) is 3.45. The van der Waals surface area contributed by atoms with E-state index in [1.54, 1.807) is 18.2 Å². The summed E-state index contributed by atoms with van der Waals surface area (Å²) >= 11 is 0. The molecule has 1 aliphatic carbocycles. The Morgan fingerprint density at radius 3 is 2.35 bits per heavy atom. The van der Waals surface area contributed by atoms with Crippen molar-refractivity contribution >= 4 is 5.91 Å². The van der Waals surface area contributed by atoms with E-state index in [9.17, 15) is 9.18 Å². The highest BCUT2D eigenvalue weighted by atomic mass is 19.1. The molecule has 1 aromatic carbocycles. The molecule has 2 aliphatic rings. The number of rotatable bonds is 3. The number of benzene rings is 1. The van der Waals surface area contributed by atoms with Gasteiger partial charge in [0.25, 0.3) is 0 Å². The summed E-state index contributed by atoms with van der Waals surface area (Å²) in [7, 11) is 0. The summed E-state index contributed by atoms with van der Waals surface area (Å²) < 4.78 is 13.6. The number of amides is 1. The van der Waals surface area contributed by atoms with Crippen molar-refractivity contribution in [2.45, 2.75) is 38.5 Å². The average molecular weight is 275 g/mol. The zero-order chi connectivity index (χ0) is 13.9. The normalized spacial score (nSPS) is 20.8. The summed E-state index contributed by atoms with van der Waals surface area (Å²) in [6, 6.07) is 6.57. The molecular weight excluding hydrogens is 253 g/mol. The molecule has 0 atom stereocenters. The van der Waals surface area contributed by atoms with Crippen LogP contribution in [0.4, 0.5) is 4.39 Å². The molecule has 2 fully saturated rings. The van der Waals surface area contributed by atoms with Gasteiger partial charge in [-0.2, -0.15) is 0 Å². The molecule has 1 saturated heterocycles. The molecule has 108 valence electrons. The van der Waals surface area contributed by atoms with Crippen LogP contribution in [0.1, 0.15) is 37.7 Å². The van der Waals surface area contributed by atoms with Crippen molar-refractivity contribution in [1.29, 1.82) is 0 Å². The van der Waals surface area contributed by atoms with Crippen molar-refractivity contribution in [3.63, 3.8) is 0 Å². The summed E-state index contributed by atoms with van der Waals surface area (Å²) in [5.41, 5.74) is 0.513. The molecule has 0 aromatic heterocycles. The maximum Gasteiger partial charge on any atom is 0.227 e. The molecule has 0 bridgehead atoms. The number of hydrogen-bond donors (Lipinski definition) is 0. The molecule has 2 nitrogen and oxygen atoms in total. The van der Waals surface area contributed by atoms with Gasteiger partial charge in [0.2, 0.25) is 5.91 Å². The van der Waals surface area contributed by atoms with E-state index in [1.165, 1.54) is 25.3 Å². The second kappa shape index (κ2) is 5.94. The van der Waals surface area contributed by atoms with Crippen LogP contribution in [0.5, 0.6) is 0 Å². The number of carbonyl (C=O) groups is 1. The van der Waals surface area contributed by atoms with Crippen LogP contribution in [0.3, 0.4) is 0 Å². The first-order chi connectivity index (χ1) is 9.74. The summed E-state index contributed by atoms with van der Waals surface area (Å²) in [5.74, 6) is 1.53. The minimum absolute atomic E-state index is 0.0714. The third kappa shape index (κ3) is 2.87. The molecule has 0 radical (unpaired) electrons. The van der Waals surface area contributed by atoms with Gasteiger partial charge in [-0.05, 0) is 36.3 Å². The van der Waals surface area contributed by atoms with Crippen LogP contribution in [0.25, 0.3) is 0 Å². The maximum absolute atomic E-state index is 13.6. The van der Waals surface area contributed by atoms with Gasteiger partial charge in [0, 0.05) is 13.1 Å². The fraction of sp³-hybridized carbons (Fsp3) is 0.588. The van der Waals surface area contributed by atoms with Crippen LogP contribution in [0.15, 0.2) is 24.3 Å². The molecule has 1 heterocycles. The molecule has 1 amide bonds.